The van der Waals surface area contributed by atoms with E-state index < -0.39 is 6.04 Å². The first-order valence-corrected chi connectivity index (χ1v) is 6.37. The third-order valence-electron chi connectivity index (χ3n) is 2.84. The van der Waals surface area contributed by atoms with Gasteiger partial charge in [0.05, 0.1) is 12.1 Å². The monoisotopic (exact) mass is 299 g/mol. The van der Waals surface area contributed by atoms with Crippen LogP contribution in [-0.4, -0.2) is 17.9 Å². The largest absolute Gasteiger partial charge is 0.348 e. The van der Waals surface area contributed by atoms with Gasteiger partial charge < -0.3 is 16.4 Å². The number of hydrogen-bond acceptors (Lipinski definition) is 3. The van der Waals surface area contributed by atoms with Crippen LogP contribution in [0.3, 0.4) is 0 Å². The van der Waals surface area contributed by atoms with Crippen LogP contribution in [0.15, 0.2) is 24.3 Å². The van der Waals surface area contributed by atoms with E-state index in [-0.39, 0.29) is 30.3 Å². The molecular formula is C14H22ClN3O2. The maximum atomic E-state index is 11.7. The SMILES string of the molecule is CC[C@H](N)C(=O)NC(C)c1cccc(NC(C)=O)c1.Cl. The van der Waals surface area contributed by atoms with Crippen LogP contribution in [0.25, 0.3) is 0 Å². The number of nitrogens with one attached hydrogen (secondary N) is 2. The van der Waals surface area contributed by atoms with Crippen LogP contribution in [0, 0.1) is 0 Å². The van der Waals surface area contributed by atoms with Gasteiger partial charge >= 0.3 is 0 Å². The molecule has 0 aromatic heterocycles. The molecule has 4 N–H and O–H groups in total. The van der Waals surface area contributed by atoms with E-state index in [1.54, 1.807) is 6.07 Å². The molecule has 0 saturated heterocycles. The van der Waals surface area contributed by atoms with Crippen molar-refractivity contribution in [2.75, 3.05) is 5.32 Å². The summed E-state index contributed by atoms with van der Waals surface area (Å²) in [6, 6.07) is 6.73. The number of rotatable bonds is 5. The van der Waals surface area contributed by atoms with E-state index in [0.29, 0.717) is 12.1 Å². The first-order chi connectivity index (χ1) is 8.93. The second-order valence-corrected chi connectivity index (χ2v) is 4.55. The highest BCUT2D eigenvalue weighted by Crippen LogP contribution is 2.17. The molecule has 0 spiro atoms. The molecule has 0 radical (unpaired) electrons. The molecular weight excluding hydrogens is 278 g/mol. The third kappa shape index (κ3) is 5.59. The molecule has 1 aromatic carbocycles. The third-order valence-corrected chi connectivity index (χ3v) is 2.84. The van der Waals surface area contributed by atoms with Gasteiger partial charge in [-0.1, -0.05) is 19.1 Å². The number of nitrogens with two attached hydrogens (primary N) is 1. The molecule has 0 fully saturated rings. The predicted molar refractivity (Wildman–Crippen MR) is 82.8 cm³/mol. The lowest BCUT2D eigenvalue weighted by Crippen LogP contribution is -2.41. The van der Waals surface area contributed by atoms with E-state index in [4.69, 9.17) is 5.73 Å². The Morgan fingerprint density at radius 2 is 2.00 bits per heavy atom. The molecule has 20 heavy (non-hydrogen) atoms. The standard InChI is InChI=1S/C14H21N3O2.ClH/c1-4-13(15)14(19)16-9(2)11-6-5-7-12(8-11)17-10(3)18;/h5-9,13H,4,15H2,1-3H3,(H,16,19)(H,17,18);1H/t9?,13-;/m0./s1. The highest BCUT2D eigenvalue weighted by atomic mass is 35.5. The molecule has 0 aliphatic carbocycles. The highest BCUT2D eigenvalue weighted by molar-refractivity contribution is 5.88. The Hall–Kier alpha value is -1.59. The minimum absolute atomic E-state index is 0. The first kappa shape index (κ1) is 18.4. The van der Waals surface area contributed by atoms with E-state index in [1.165, 1.54) is 6.92 Å². The molecule has 0 heterocycles. The van der Waals surface area contributed by atoms with Crippen LogP contribution in [-0.2, 0) is 9.59 Å². The van der Waals surface area contributed by atoms with Gasteiger partial charge in [0.15, 0.2) is 0 Å². The van der Waals surface area contributed by atoms with Gasteiger partial charge in [-0.05, 0) is 31.0 Å². The van der Waals surface area contributed by atoms with E-state index >= 15 is 0 Å². The van der Waals surface area contributed by atoms with Crippen molar-refractivity contribution in [3.8, 4) is 0 Å². The van der Waals surface area contributed by atoms with E-state index in [0.717, 1.165) is 5.56 Å². The number of hydrogen-bond donors (Lipinski definition) is 3. The summed E-state index contributed by atoms with van der Waals surface area (Å²) in [6.07, 6.45) is 0.602. The lowest BCUT2D eigenvalue weighted by molar-refractivity contribution is -0.123. The molecule has 112 valence electrons. The second-order valence-electron chi connectivity index (χ2n) is 4.55. The molecule has 6 heteroatoms. The average molecular weight is 300 g/mol. The van der Waals surface area contributed by atoms with Crippen LogP contribution in [0.2, 0.25) is 0 Å². The Balaban J connectivity index is 0.00000361. The Morgan fingerprint density at radius 1 is 1.35 bits per heavy atom. The summed E-state index contributed by atoms with van der Waals surface area (Å²) < 4.78 is 0. The summed E-state index contributed by atoms with van der Waals surface area (Å²) in [5, 5.41) is 5.56. The molecule has 0 aliphatic heterocycles. The predicted octanol–water partition coefficient (Wildman–Crippen LogP) is 1.98. The lowest BCUT2D eigenvalue weighted by atomic mass is 10.1. The first-order valence-electron chi connectivity index (χ1n) is 6.37. The van der Waals surface area contributed by atoms with Crippen LogP contribution in [0.5, 0.6) is 0 Å². The smallest absolute Gasteiger partial charge is 0.237 e. The number of halogens is 1. The molecule has 5 nitrogen and oxygen atoms in total. The summed E-state index contributed by atoms with van der Waals surface area (Å²) in [6.45, 7) is 5.21. The zero-order valence-electron chi connectivity index (χ0n) is 12.0. The molecule has 2 amide bonds. The van der Waals surface area contributed by atoms with Crippen molar-refractivity contribution in [1.29, 1.82) is 0 Å². The van der Waals surface area contributed by atoms with Crippen LogP contribution in [0.4, 0.5) is 5.69 Å². The van der Waals surface area contributed by atoms with Gasteiger partial charge in [0.1, 0.15) is 0 Å². The topological polar surface area (TPSA) is 84.2 Å². The zero-order valence-corrected chi connectivity index (χ0v) is 12.8. The Bertz CT molecular complexity index is 465. The molecule has 1 aromatic rings. The lowest BCUT2D eigenvalue weighted by Gasteiger charge is -2.17. The molecule has 1 rings (SSSR count). The Labute approximate surface area is 125 Å². The molecule has 0 aliphatic rings. The maximum Gasteiger partial charge on any atom is 0.237 e. The number of anilines is 1. The van der Waals surface area contributed by atoms with Crippen molar-refractivity contribution in [3.05, 3.63) is 29.8 Å². The summed E-state index contributed by atoms with van der Waals surface area (Å²) in [5.41, 5.74) is 7.30. The maximum absolute atomic E-state index is 11.7. The van der Waals surface area contributed by atoms with Gasteiger partial charge in [-0.3, -0.25) is 9.59 Å². The summed E-state index contributed by atoms with van der Waals surface area (Å²) in [5.74, 6) is -0.290. The summed E-state index contributed by atoms with van der Waals surface area (Å²) in [4.78, 5) is 22.7. The molecule has 1 unspecified atom stereocenters. The van der Waals surface area contributed by atoms with E-state index in [9.17, 15) is 9.59 Å². The summed E-state index contributed by atoms with van der Waals surface area (Å²) >= 11 is 0. The fourth-order valence-corrected chi connectivity index (χ4v) is 1.68. The fraction of sp³-hybridized carbons (Fsp3) is 0.429. The van der Waals surface area contributed by atoms with Gasteiger partial charge in [-0.15, -0.1) is 12.4 Å². The number of benzene rings is 1. The van der Waals surface area contributed by atoms with Crippen LogP contribution in [0.1, 0.15) is 38.8 Å². The van der Waals surface area contributed by atoms with Crippen molar-refractivity contribution in [2.24, 2.45) is 5.73 Å². The van der Waals surface area contributed by atoms with Crippen molar-refractivity contribution in [1.82, 2.24) is 5.32 Å². The zero-order chi connectivity index (χ0) is 14.4. The van der Waals surface area contributed by atoms with Crippen molar-refractivity contribution < 1.29 is 9.59 Å². The molecule has 0 bridgehead atoms. The van der Waals surface area contributed by atoms with Gasteiger partial charge in [0, 0.05) is 12.6 Å². The minimum atomic E-state index is -0.485. The molecule has 0 saturated carbocycles. The Morgan fingerprint density at radius 3 is 2.55 bits per heavy atom. The average Bonchev–Trinajstić information content (AvgIpc) is 2.37. The summed E-state index contributed by atoms with van der Waals surface area (Å²) in [7, 11) is 0. The quantitative estimate of drug-likeness (QED) is 0.777. The van der Waals surface area contributed by atoms with Gasteiger partial charge in [0.25, 0.3) is 0 Å². The van der Waals surface area contributed by atoms with Crippen molar-refractivity contribution >= 4 is 29.9 Å². The molecule has 2 atom stereocenters. The van der Waals surface area contributed by atoms with Gasteiger partial charge in [-0.25, -0.2) is 0 Å². The van der Waals surface area contributed by atoms with Gasteiger partial charge in [-0.2, -0.15) is 0 Å². The number of carbonyl (C=O) groups is 2. The number of amides is 2. The van der Waals surface area contributed by atoms with Gasteiger partial charge in [0.2, 0.25) is 11.8 Å². The normalized spacial score (nSPS) is 12.8. The fourth-order valence-electron chi connectivity index (χ4n) is 1.68. The minimum Gasteiger partial charge on any atom is -0.348 e. The highest BCUT2D eigenvalue weighted by Gasteiger charge is 2.15. The Kier molecular flexibility index (Phi) is 7.87. The van der Waals surface area contributed by atoms with E-state index in [2.05, 4.69) is 10.6 Å². The van der Waals surface area contributed by atoms with E-state index in [1.807, 2.05) is 32.0 Å². The second kappa shape index (κ2) is 8.55. The van der Waals surface area contributed by atoms with Crippen molar-refractivity contribution in [2.45, 2.75) is 39.3 Å². The van der Waals surface area contributed by atoms with Crippen LogP contribution < -0.4 is 16.4 Å². The van der Waals surface area contributed by atoms with Crippen molar-refractivity contribution in [3.63, 3.8) is 0 Å². The van der Waals surface area contributed by atoms with Crippen LogP contribution >= 0.6 is 12.4 Å². The number of carbonyl (C=O) groups excluding carboxylic acids is 2.